The molecule has 0 amide bonds. The summed E-state index contributed by atoms with van der Waals surface area (Å²) >= 11 is 0. The second-order valence-electron chi connectivity index (χ2n) is 12.9. The summed E-state index contributed by atoms with van der Waals surface area (Å²) in [7, 11) is 0. The summed E-state index contributed by atoms with van der Waals surface area (Å²) in [5.41, 5.74) is 10.1. The van der Waals surface area contributed by atoms with Crippen molar-refractivity contribution < 1.29 is 4.42 Å². The predicted octanol–water partition coefficient (Wildman–Crippen LogP) is 12.4. The van der Waals surface area contributed by atoms with Crippen LogP contribution in [0.25, 0.3) is 88.9 Å². The molecule has 0 unspecified atom stereocenters. The van der Waals surface area contributed by atoms with Crippen LogP contribution in [0.2, 0.25) is 0 Å². The van der Waals surface area contributed by atoms with Gasteiger partial charge in [0.2, 0.25) is 5.95 Å². The highest BCUT2D eigenvalue weighted by Gasteiger charge is 2.20. The number of hydrogen-bond donors (Lipinski definition) is 0. The molecule has 248 valence electrons. The first-order valence-electron chi connectivity index (χ1n) is 17.5. The van der Waals surface area contributed by atoms with Crippen LogP contribution in [0.1, 0.15) is 19.2 Å². The van der Waals surface area contributed by atoms with Gasteiger partial charge >= 0.3 is 0 Å². The molecule has 0 radical (unpaired) electrons. The number of hydrogen-bond acceptors (Lipinski definition) is 4. The van der Waals surface area contributed by atoms with E-state index in [1.807, 2.05) is 61.5 Å². The third-order valence-electron chi connectivity index (χ3n) is 9.58. The summed E-state index contributed by atoms with van der Waals surface area (Å²) in [4.78, 5) is 15.6. The SMILES string of the molecule is C=CC/C=C\C=C(/C)c1nc(-c2cccc3oc4ccccc4c23)nc(-n2c3ccccc3c3ccc(-c4cccc(-c5ccccc5)c4)cc32)n1. The van der Waals surface area contributed by atoms with E-state index in [0.29, 0.717) is 17.6 Å². The molecule has 0 fully saturated rings. The maximum atomic E-state index is 6.27. The molecule has 0 aliphatic heterocycles. The first-order valence-corrected chi connectivity index (χ1v) is 17.5. The van der Waals surface area contributed by atoms with Gasteiger partial charge in [-0.05, 0) is 71.5 Å². The van der Waals surface area contributed by atoms with Crippen LogP contribution < -0.4 is 0 Å². The van der Waals surface area contributed by atoms with Crippen LogP contribution in [0.3, 0.4) is 0 Å². The van der Waals surface area contributed by atoms with Gasteiger partial charge < -0.3 is 4.42 Å². The van der Waals surface area contributed by atoms with Crippen LogP contribution in [0.4, 0.5) is 0 Å². The van der Waals surface area contributed by atoms with Crippen molar-refractivity contribution in [3.8, 4) is 39.6 Å². The monoisotopic (exact) mass is 670 g/mol. The van der Waals surface area contributed by atoms with Crippen LogP contribution in [0.5, 0.6) is 0 Å². The van der Waals surface area contributed by atoms with Gasteiger partial charge in [0, 0.05) is 27.1 Å². The molecule has 0 saturated heterocycles. The number of allylic oxidation sites excluding steroid dienone is 5. The maximum Gasteiger partial charge on any atom is 0.238 e. The Morgan fingerprint density at radius 3 is 2.19 bits per heavy atom. The summed E-state index contributed by atoms with van der Waals surface area (Å²) in [6.45, 7) is 5.88. The van der Waals surface area contributed by atoms with E-state index in [2.05, 4.69) is 120 Å². The normalized spacial score (nSPS) is 12.1. The van der Waals surface area contributed by atoms with Crippen LogP contribution in [0, 0.1) is 0 Å². The number of nitrogens with zero attached hydrogens (tertiary/aromatic N) is 4. The zero-order valence-electron chi connectivity index (χ0n) is 28.7. The molecular weight excluding hydrogens is 637 g/mol. The van der Waals surface area contributed by atoms with Crippen molar-refractivity contribution in [3.63, 3.8) is 0 Å². The Bertz CT molecular complexity index is 2860. The van der Waals surface area contributed by atoms with E-state index in [4.69, 9.17) is 19.4 Å². The summed E-state index contributed by atoms with van der Waals surface area (Å²) in [5.74, 6) is 1.73. The first-order chi connectivity index (χ1) is 25.7. The number of benzene rings is 6. The van der Waals surface area contributed by atoms with E-state index < -0.39 is 0 Å². The molecular formula is C47H34N4O. The van der Waals surface area contributed by atoms with Gasteiger partial charge in [0.05, 0.1) is 11.0 Å². The van der Waals surface area contributed by atoms with Gasteiger partial charge in [-0.1, -0.05) is 133 Å². The molecule has 52 heavy (non-hydrogen) atoms. The van der Waals surface area contributed by atoms with Gasteiger partial charge in [0.15, 0.2) is 11.6 Å². The second-order valence-corrected chi connectivity index (χ2v) is 12.9. The van der Waals surface area contributed by atoms with Gasteiger partial charge in [0.1, 0.15) is 11.2 Å². The Labute approximate surface area is 301 Å². The molecule has 0 aliphatic rings. The van der Waals surface area contributed by atoms with Crippen LogP contribution in [-0.2, 0) is 0 Å². The average molecular weight is 671 g/mol. The molecule has 5 heteroatoms. The number of aromatic nitrogens is 4. The lowest BCUT2D eigenvalue weighted by Crippen LogP contribution is -2.07. The highest BCUT2D eigenvalue weighted by Crippen LogP contribution is 2.38. The van der Waals surface area contributed by atoms with Gasteiger partial charge in [0.25, 0.3) is 0 Å². The fraction of sp³-hybridized carbons (Fsp3) is 0.0426. The van der Waals surface area contributed by atoms with E-state index in [0.717, 1.165) is 72.4 Å². The lowest BCUT2D eigenvalue weighted by atomic mass is 9.98. The Balaban J connectivity index is 1.29. The Hall–Kier alpha value is -6.85. The zero-order valence-corrected chi connectivity index (χ0v) is 28.7. The highest BCUT2D eigenvalue weighted by molar-refractivity contribution is 6.12. The first kappa shape index (κ1) is 31.2. The summed E-state index contributed by atoms with van der Waals surface area (Å²) < 4.78 is 8.45. The molecule has 0 saturated carbocycles. The zero-order chi connectivity index (χ0) is 35.0. The molecule has 0 bridgehead atoms. The predicted molar refractivity (Wildman–Crippen MR) is 215 cm³/mol. The van der Waals surface area contributed by atoms with Gasteiger partial charge in [-0.25, -0.2) is 4.98 Å². The Morgan fingerprint density at radius 2 is 1.33 bits per heavy atom. The average Bonchev–Trinajstić information content (AvgIpc) is 3.75. The second kappa shape index (κ2) is 13.1. The van der Waals surface area contributed by atoms with Crippen LogP contribution in [-0.4, -0.2) is 19.5 Å². The molecule has 0 spiro atoms. The topological polar surface area (TPSA) is 56.7 Å². The van der Waals surface area contributed by atoms with Crippen molar-refractivity contribution in [2.24, 2.45) is 0 Å². The molecule has 0 aliphatic carbocycles. The van der Waals surface area contributed by atoms with E-state index in [1.165, 1.54) is 11.1 Å². The summed E-state index contributed by atoms with van der Waals surface area (Å²) in [6.07, 6.45) is 8.80. The van der Waals surface area contributed by atoms with Crippen LogP contribution >= 0.6 is 0 Å². The Morgan fingerprint density at radius 1 is 0.635 bits per heavy atom. The van der Waals surface area contributed by atoms with Crippen molar-refractivity contribution in [3.05, 3.63) is 176 Å². The quantitative estimate of drug-likeness (QED) is 0.119. The molecule has 0 N–H and O–H groups in total. The fourth-order valence-electron chi connectivity index (χ4n) is 7.06. The number of rotatable bonds is 8. The molecule has 3 aromatic heterocycles. The third-order valence-corrected chi connectivity index (χ3v) is 9.58. The van der Waals surface area contributed by atoms with E-state index in [9.17, 15) is 0 Å². The largest absolute Gasteiger partial charge is 0.456 e. The molecule has 6 aromatic carbocycles. The number of para-hydroxylation sites is 2. The lowest BCUT2D eigenvalue weighted by Gasteiger charge is -2.12. The standard InChI is InChI=1S/C47H34N4O/c1-3-4-5-7-16-31(2)45-48-46(39-23-15-26-43-44(39)38-22-11-13-25-42(38)52-43)50-47(49-45)51-40-24-12-10-21-36(40)37-28-27-35(30-41(37)51)34-20-14-19-33(29-34)32-17-8-6-9-18-32/h3,5-30H,1,4H2,2H3/b7-5-,31-16+. The molecule has 5 nitrogen and oxygen atoms in total. The van der Waals surface area contributed by atoms with Crippen LogP contribution in [0.15, 0.2) is 175 Å². The van der Waals surface area contributed by atoms with Crippen molar-refractivity contribution in [2.75, 3.05) is 0 Å². The van der Waals surface area contributed by atoms with Crippen molar-refractivity contribution in [2.45, 2.75) is 13.3 Å². The van der Waals surface area contributed by atoms with Crippen molar-refractivity contribution >= 4 is 49.3 Å². The third kappa shape index (κ3) is 5.49. The minimum absolute atomic E-state index is 0.550. The maximum absolute atomic E-state index is 6.27. The molecule has 3 heterocycles. The molecule has 0 atom stereocenters. The highest BCUT2D eigenvalue weighted by atomic mass is 16.3. The lowest BCUT2D eigenvalue weighted by molar-refractivity contribution is 0.669. The summed E-state index contributed by atoms with van der Waals surface area (Å²) in [6, 6.07) is 48.5. The van der Waals surface area contributed by atoms with E-state index in [-0.39, 0.29) is 0 Å². The van der Waals surface area contributed by atoms with Gasteiger partial charge in [-0.2, -0.15) is 9.97 Å². The Kier molecular flexibility index (Phi) is 7.86. The van der Waals surface area contributed by atoms with Gasteiger partial charge in [-0.15, -0.1) is 6.58 Å². The minimum Gasteiger partial charge on any atom is -0.456 e. The smallest absolute Gasteiger partial charge is 0.238 e. The van der Waals surface area contributed by atoms with E-state index >= 15 is 0 Å². The number of fused-ring (bicyclic) bond motifs is 6. The molecule has 9 rings (SSSR count). The fourth-order valence-corrected chi connectivity index (χ4v) is 7.06. The van der Waals surface area contributed by atoms with Crippen molar-refractivity contribution in [1.82, 2.24) is 19.5 Å². The van der Waals surface area contributed by atoms with Crippen molar-refractivity contribution in [1.29, 1.82) is 0 Å². The minimum atomic E-state index is 0.550. The number of furan rings is 1. The van der Waals surface area contributed by atoms with E-state index in [1.54, 1.807) is 0 Å². The summed E-state index contributed by atoms with van der Waals surface area (Å²) in [5, 5.41) is 4.27. The molecule has 9 aromatic rings. The van der Waals surface area contributed by atoms with Gasteiger partial charge in [-0.3, -0.25) is 4.57 Å².